The lowest BCUT2D eigenvalue weighted by atomic mass is 9.98. The van der Waals surface area contributed by atoms with Crippen molar-refractivity contribution >= 4 is 35.1 Å². The number of halogens is 1. The zero-order valence-electron chi connectivity index (χ0n) is 17.2. The summed E-state index contributed by atoms with van der Waals surface area (Å²) in [4.78, 5) is 32.8. The molecular weight excluding hydrogens is 418 g/mol. The molecule has 0 saturated carbocycles. The molecule has 2 aliphatic heterocycles. The normalized spacial score (nSPS) is 19.5. The number of carbonyl (C=O) groups excluding carboxylic acids is 2. The van der Waals surface area contributed by atoms with Crippen LogP contribution in [0.4, 0.5) is 11.6 Å². The summed E-state index contributed by atoms with van der Waals surface area (Å²) in [5, 5.41) is 9.42. The Morgan fingerprint density at radius 1 is 1.23 bits per heavy atom. The van der Waals surface area contributed by atoms with E-state index >= 15 is 0 Å². The van der Waals surface area contributed by atoms with Crippen molar-refractivity contribution in [2.75, 3.05) is 36.9 Å². The maximum absolute atomic E-state index is 12.5. The summed E-state index contributed by atoms with van der Waals surface area (Å²) in [5.41, 5.74) is 1.39. The average molecular weight is 444 g/mol. The van der Waals surface area contributed by atoms with Gasteiger partial charge in [0.05, 0.1) is 16.6 Å². The minimum atomic E-state index is -0.269. The van der Waals surface area contributed by atoms with Crippen LogP contribution in [0, 0.1) is 11.8 Å². The number of aromatic nitrogens is 2. The Hall–Kier alpha value is -2.71. The van der Waals surface area contributed by atoms with Gasteiger partial charge in [0.1, 0.15) is 11.6 Å². The first kappa shape index (κ1) is 21.5. The molecule has 3 N–H and O–H groups in total. The van der Waals surface area contributed by atoms with E-state index < -0.39 is 0 Å². The van der Waals surface area contributed by atoms with Gasteiger partial charge in [0.15, 0.2) is 0 Å². The van der Waals surface area contributed by atoms with E-state index in [1.165, 1.54) is 6.20 Å². The molecule has 2 amide bonds. The smallest absolute Gasteiger partial charge is 0.230 e. The van der Waals surface area contributed by atoms with Gasteiger partial charge in [-0.25, -0.2) is 9.97 Å². The molecule has 2 aromatic heterocycles. The molecule has 0 aromatic carbocycles. The van der Waals surface area contributed by atoms with E-state index in [1.54, 1.807) is 6.07 Å². The number of nitrogens with zero attached hydrogens (tertiary/aromatic N) is 2. The monoisotopic (exact) mass is 443 g/mol. The zero-order valence-corrected chi connectivity index (χ0v) is 18.0. The lowest BCUT2D eigenvalue weighted by Crippen LogP contribution is -2.40. The van der Waals surface area contributed by atoms with Gasteiger partial charge in [0.2, 0.25) is 11.8 Å². The molecule has 0 spiro atoms. The maximum Gasteiger partial charge on any atom is 0.230 e. The van der Waals surface area contributed by atoms with Crippen LogP contribution in [0.5, 0.6) is 0 Å². The van der Waals surface area contributed by atoms with Crippen molar-refractivity contribution in [1.82, 2.24) is 15.3 Å². The summed E-state index contributed by atoms with van der Waals surface area (Å²) in [6.45, 7) is 2.82. The Labute approximate surface area is 186 Å². The zero-order chi connectivity index (χ0) is 21.6. The van der Waals surface area contributed by atoms with Crippen LogP contribution in [0.25, 0.3) is 11.3 Å². The van der Waals surface area contributed by atoms with Crippen molar-refractivity contribution in [3.8, 4) is 11.3 Å². The van der Waals surface area contributed by atoms with E-state index in [-0.39, 0.29) is 17.7 Å². The van der Waals surface area contributed by atoms with Crippen molar-refractivity contribution in [2.45, 2.75) is 25.7 Å². The number of anilines is 2. The van der Waals surface area contributed by atoms with Crippen molar-refractivity contribution in [3.63, 3.8) is 0 Å². The molecule has 8 nitrogen and oxygen atoms in total. The maximum atomic E-state index is 12.5. The average Bonchev–Trinajstić information content (AvgIpc) is 2.80. The van der Waals surface area contributed by atoms with Gasteiger partial charge < -0.3 is 20.7 Å². The molecule has 1 unspecified atom stereocenters. The van der Waals surface area contributed by atoms with Crippen LogP contribution in [0.3, 0.4) is 0 Å². The highest BCUT2D eigenvalue weighted by Gasteiger charge is 2.25. The molecule has 0 bridgehead atoms. The van der Waals surface area contributed by atoms with Gasteiger partial charge >= 0.3 is 0 Å². The lowest BCUT2D eigenvalue weighted by molar-refractivity contribution is -0.126. The number of hydrogen-bond acceptors (Lipinski definition) is 6. The van der Waals surface area contributed by atoms with E-state index in [1.807, 2.05) is 18.2 Å². The topological polar surface area (TPSA) is 105 Å². The van der Waals surface area contributed by atoms with Gasteiger partial charge in [0.25, 0.3) is 0 Å². The molecule has 2 aromatic rings. The first-order valence-electron chi connectivity index (χ1n) is 10.6. The molecule has 4 rings (SSSR count). The van der Waals surface area contributed by atoms with E-state index in [0.717, 1.165) is 38.4 Å². The molecule has 164 valence electrons. The van der Waals surface area contributed by atoms with E-state index in [9.17, 15) is 9.59 Å². The molecule has 2 aliphatic rings. The second-order valence-corrected chi connectivity index (χ2v) is 8.33. The van der Waals surface area contributed by atoms with E-state index in [0.29, 0.717) is 47.4 Å². The number of rotatable bonds is 6. The highest BCUT2D eigenvalue weighted by molar-refractivity contribution is 6.33. The fourth-order valence-corrected chi connectivity index (χ4v) is 3.97. The van der Waals surface area contributed by atoms with E-state index in [4.69, 9.17) is 21.3 Å². The van der Waals surface area contributed by atoms with Crippen LogP contribution >= 0.6 is 11.6 Å². The molecule has 31 heavy (non-hydrogen) atoms. The van der Waals surface area contributed by atoms with Crippen LogP contribution in [0.2, 0.25) is 5.02 Å². The molecule has 0 aliphatic carbocycles. The molecule has 0 radical (unpaired) electrons. The number of hydrogen-bond donors (Lipinski definition) is 3. The van der Waals surface area contributed by atoms with Crippen LogP contribution in [-0.4, -0.2) is 48.1 Å². The summed E-state index contributed by atoms with van der Waals surface area (Å²) in [6, 6.07) is 7.46. The van der Waals surface area contributed by atoms with Gasteiger partial charge in [-0.3, -0.25) is 9.59 Å². The van der Waals surface area contributed by atoms with Crippen molar-refractivity contribution in [2.24, 2.45) is 11.8 Å². The minimum absolute atomic E-state index is 0.0210. The summed E-state index contributed by atoms with van der Waals surface area (Å²) >= 11 is 6.39. The first-order valence-corrected chi connectivity index (χ1v) is 11.0. The third-order valence-corrected chi connectivity index (χ3v) is 5.98. The Morgan fingerprint density at radius 3 is 2.84 bits per heavy atom. The van der Waals surface area contributed by atoms with Gasteiger partial charge in [-0.1, -0.05) is 17.7 Å². The number of ether oxygens (including phenoxy) is 1. The van der Waals surface area contributed by atoms with Crippen LogP contribution in [0.1, 0.15) is 25.7 Å². The molecule has 1 atom stereocenters. The summed E-state index contributed by atoms with van der Waals surface area (Å²) < 4.78 is 5.41. The Bertz CT molecular complexity index is 938. The number of nitrogens with one attached hydrogen (secondary N) is 3. The van der Waals surface area contributed by atoms with Gasteiger partial charge in [-0.15, -0.1) is 0 Å². The van der Waals surface area contributed by atoms with Crippen LogP contribution in [0.15, 0.2) is 30.5 Å². The SMILES string of the molecule is O=C1CCC(C(=O)Nc2cc(-c3cccc(NCC4CCOCC4)n3)c(Cl)cn2)CN1. The molecule has 2 fully saturated rings. The predicted octanol–water partition coefficient (Wildman–Crippen LogP) is 3.10. The lowest BCUT2D eigenvalue weighted by Gasteiger charge is -2.22. The third-order valence-electron chi connectivity index (χ3n) is 5.68. The standard InChI is InChI=1S/C22H26ClN5O3/c23-17-13-25-20(28-22(30)15-4-5-21(29)26-12-15)10-16(17)18-2-1-3-19(27-18)24-11-14-6-8-31-9-7-14/h1-3,10,13-15H,4-9,11-12H2,(H,24,27)(H,26,29)(H,25,28,30). The fraction of sp³-hybridized carbons (Fsp3) is 0.455. The van der Waals surface area contributed by atoms with Crippen molar-refractivity contribution < 1.29 is 14.3 Å². The molecule has 2 saturated heterocycles. The summed E-state index contributed by atoms with van der Waals surface area (Å²) in [5.74, 6) is 1.31. The minimum Gasteiger partial charge on any atom is -0.381 e. The summed E-state index contributed by atoms with van der Waals surface area (Å²) in [7, 11) is 0. The highest BCUT2D eigenvalue weighted by Crippen LogP contribution is 2.29. The fourth-order valence-electron chi connectivity index (χ4n) is 3.77. The Kier molecular flexibility index (Phi) is 6.99. The van der Waals surface area contributed by atoms with Crippen molar-refractivity contribution in [1.29, 1.82) is 0 Å². The van der Waals surface area contributed by atoms with Gasteiger partial charge in [-0.2, -0.15) is 0 Å². The third kappa shape index (κ3) is 5.71. The molecule has 4 heterocycles. The van der Waals surface area contributed by atoms with Crippen LogP contribution < -0.4 is 16.0 Å². The Morgan fingerprint density at radius 2 is 2.06 bits per heavy atom. The second kappa shape index (κ2) is 10.1. The van der Waals surface area contributed by atoms with Crippen molar-refractivity contribution in [3.05, 3.63) is 35.5 Å². The largest absolute Gasteiger partial charge is 0.381 e. The predicted molar refractivity (Wildman–Crippen MR) is 119 cm³/mol. The first-order chi connectivity index (χ1) is 15.1. The van der Waals surface area contributed by atoms with E-state index in [2.05, 4.69) is 20.9 Å². The Balaban J connectivity index is 1.44. The highest BCUT2D eigenvalue weighted by atomic mass is 35.5. The van der Waals surface area contributed by atoms with Gasteiger partial charge in [-0.05, 0) is 43.4 Å². The number of piperidine rings is 1. The number of carbonyl (C=O) groups is 2. The molecular formula is C22H26ClN5O3. The van der Waals surface area contributed by atoms with Gasteiger partial charge in [0, 0.05) is 44.5 Å². The molecule has 9 heteroatoms. The quantitative estimate of drug-likeness (QED) is 0.633. The number of pyridine rings is 2. The number of amides is 2. The van der Waals surface area contributed by atoms with Crippen LogP contribution in [-0.2, 0) is 14.3 Å². The summed E-state index contributed by atoms with van der Waals surface area (Å²) in [6.07, 6.45) is 4.50. The second-order valence-electron chi connectivity index (χ2n) is 7.92.